The van der Waals surface area contributed by atoms with Crippen LogP contribution in [-0.2, 0) is 0 Å². The van der Waals surface area contributed by atoms with E-state index in [1.165, 1.54) is 0 Å². The topological polar surface area (TPSA) is 72.3 Å². The Kier molecular flexibility index (Phi) is 5.82. The Hall–Kier alpha value is -1.07. The fourth-order valence-electron chi connectivity index (χ4n) is 1.77. The first kappa shape index (κ1) is 16.0. The van der Waals surface area contributed by atoms with Gasteiger partial charge in [-0.05, 0) is 46.5 Å². The molecule has 0 aliphatic heterocycles. The zero-order chi connectivity index (χ0) is 14.6. The summed E-state index contributed by atoms with van der Waals surface area (Å²) in [6.45, 7) is 5.12. The molecule has 106 valence electrons. The van der Waals surface area contributed by atoms with E-state index < -0.39 is 5.91 Å². The smallest absolute Gasteiger partial charge is 0.248 e. The van der Waals surface area contributed by atoms with Crippen LogP contribution in [0.25, 0.3) is 0 Å². The van der Waals surface area contributed by atoms with Crippen LogP contribution in [-0.4, -0.2) is 25.5 Å². The van der Waals surface area contributed by atoms with E-state index in [9.17, 15) is 4.79 Å². The molecule has 5 heteroatoms. The van der Waals surface area contributed by atoms with Gasteiger partial charge in [-0.25, -0.2) is 0 Å². The van der Waals surface area contributed by atoms with Crippen molar-refractivity contribution in [3.05, 3.63) is 28.2 Å². The predicted molar refractivity (Wildman–Crippen MR) is 83.4 cm³/mol. The molecule has 0 heterocycles. The van der Waals surface area contributed by atoms with Crippen molar-refractivity contribution in [1.29, 1.82) is 0 Å². The number of nitrogens with zero attached hydrogens (tertiary/aromatic N) is 1. The molecule has 0 spiro atoms. The maximum Gasteiger partial charge on any atom is 0.248 e. The Morgan fingerprint density at radius 2 is 2.05 bits per heavy atom. The van der Waals surface area contributed by atoms with Crippen molar-refractivity contribution in [2.45, 2.75) is 26.3 Å². The van der Waals surface area contributed by atoms with Gasteiger partial charge in [-0.2, -0.15) is 0 Å². The van der Waals surface area contributed by atoms with Crippen LogP contribution in [0.5, 0.6) is 0 Å². The lowest BCUT2D eigenvalue weighted by Gasteiger charge is -2.24. The van der Waals surface area contributed by atoms with Crippen LogP contribution in [0.3, 0.4) is 0 Å². The molecule has 0 bridgehead atoms. The summed E-state index contributed by atoms with van der Waals surface area (Å²) in [5.41, 5.74) is 12.8. The number of benzene rings is 1. The zero-order valence-electron chi connectivity index (χ0n) is 11.7. The van der Waals surface area contributed by atoms with Gasteiger partial charge in [0.15, 0.2) is 0 Å². The summed E-state index contributed by atoms with van der Waals surface area (Å²) in [5.74, 6) is 0.0609. The summed E-state index contributed by atoms with van der Waals surface area (Å²) in [6.07, 6.45) is 0.929. The zero-order valence-corrected chi connectivity index (χ0v) is 13.3. The van der Waals surface area contributed by atoms with Crippen LogP contribution in [0.1, 0.15) is 30.6 Å². The maximum atomic E-state index is 11.1. The first-order valence-electron chi connectivity index (χ1n) is 6.39. The summed E-state index contributed by atoms with van der Waals surface area (Å²) >= 11 is 3.47. The van der Waals surface area contributed by atoms with Crippen LogP contribution in [0, 0.1) is 5.92 Å². The summed E-state index contributed by atoms with van der Waals surface area (Å²) < 4.78 is 0.865. The lowest BCUT2D eigenvalue weighted by atomic mass is 10.0. The number of primary amides is 1. The van der Waals surface area contributed by atoms with Gasteiger partial charge < -0.3 is 16.4 Å². The van der Waals surface area contributed by atoms with Gasteiger partial charge in [0.1, 0.15) is 0 Å². The third kappa shape index (κ3) is 4.51. The average Bonchev–Trinajstić information content (AvgIpc) is 2.34. The summed E-state index contributed by atoms with van der Waals surface area (Å²) in [5, 5.41) is 0. The van der Waals surface area contributed by atoms with Gasteiger partial charge in [-0.1, -0.05) is 13.8 Å². The number of nitrogens with two attached hydrogens (primary N) is 2. The van der Waals surface area contributed by atoms with Crippen LogP contribution >= 0.6 is 15.9 Å². The fourth-order valence-corrected chi connectivity index (χ4v) is 2.45. The molecule has 1 aromatic rings. The normalized spacial score (nSPS) is 12.5. The highest BCUT2D eigenvalue weighted by Gasteiger charge is 2.12. The second-order valence-electron chi connectivity index (χ2n) is 5.15. The standard InChI is InChI=1S/C14H22BrN3O/c1-9(2)12(16)6-7-18(3)13-5-4-10(14(17)19)8-11(13)15/h4-5,8-9,12H,6-7,16H2,1-3H3,(H2,17,19). The summed E-state index contributed by atoms with van der Waals surface area (Å²) in [4.78, 5) is 13.2. The molecule has 1 aromatic carbocycles. The number of carbonyl (C=O) groups excluding carboxylic acids is 1. The monoisotopic (exact) mass is 327 g/mol. The molecule has 1 atom stereocenters. The van der Waals surface area contributed by atoms with Gasteiger partial charge in [-0.15, -0.1) is 0 Å². The molecule has 0 fully saturated rings. The lowest BCUT2D eigenvalue weighted by molar-refractivity contribution is 0.100. The second kappa shape index (κ2) is 6.91. The molecule has 0 saturated carbocycles. The van der Waals surface area contributed by atoms with Gasteiger partial charge in [0.05, 0.1) is 5.69 Å². The predicted octanol–water partition coefficient (Wildman–Crippen LogP) is 2.36. The first-order chi connectivity index (χ1) is 8.82. The van der Waals surface area contributed by atoms with Crippen molar-refractivity contribution in [2.75, 3.05) is 18.5 Å². The molecule has 0 aliphatic rings. The van der Waals surface area contributed by atoms with Gasteiger partial charge in [0.25, 0.3) is 0 Å². The van der Waals surface area contributed by atoms with Crippen LogP contribution in [0.4, 0.5) is 5.69 Å². The Balaban J connectivity index is 2.72. The minimum Gasteiger partial charge on any atom is -0.374 e. The molecule has 0 aliphatic carbocycles. The second-order valence-corrected chi connectivity index (χ2v) is 6.00. The Labute approximate surface area is 123 Å². The third-order valence-corrected chi connectivity index (χ3v) is 3.93. The highest BCUT2D eigenvalue weighted by Crippen LogP contribution is 2.26. The maximum absolute atomic E-state index is 11.1. The lowest BCUT2D eigenvalue weighted by Crippen LogP contribution is -2.32. The van der Waals surface area contributed by atoms with Crippen molar-refractivity contribution in [3.63, 3.8) is 0 Å². The number of carbonyl (C=O) groups is 1. The first-order valence-corrected chi connectivity index (χ1v) is 7.18. The Morgan fingerprint density at radius 1 is 1.42 bits per heavy atom. The summed E-state index contributed by atoms with van der Waals surface area (Å²) in [6, 6.07) is 5.58. The number of rotatable bonds is 6. The Bertz CT molecular complexity index is 448. The largest absolute Gasteiger partial charge is 0.374 e. The summed E-state index contributed by atoms with van der Waals surface area (Å²) in [7, 11) is 2.01. The molecule has 1 rings (SSSR count). The van der Waals surface area contributed by atoms with E-state index in [0.717, 1.165) is 23.1 Å². The van der Waals surface area contributed by atoms with Gasteiger partial charge >= 0.3 is 0 Å². The highest BCUT2D eigenvalue weighted by atomic mass is 79.9. The number of halogens is 1. The highest BCUT2D eigenvalue weighted by molar-refractivity contribution is 9.10. The minimum absolute atomic E-state index is 0.200. The molecule has 19 heavy (non-hydrogen) atoms. The molecule has 4 N–H and O–H groups in total. The van der Waals surface area contributed by atoms with Crippen molar-refractivity contribution >= 4 is 27.5 Å². The van der Waals surface area contributed by atoms with Gasteiger partial charge in [-0.3, -0.25) is 4.79 Å². The minimum atomic E-state index is -0.420. The van der Waals surface area contributed by atoms with E-state index in [1.54, 1.807) is 12.1 Å². The van der Waals surface area contributed by atoms with Crippen molar-refractivity contribution < 1.29 is 4.79 Å². The SMILES string of the molecule is CC(C)C(N)CCN(C)c1ccc(C(N)=O)cc1Br. The number of amides is 1. The van der Waals surface area contributed by atoms with E-state index in [0.29, 0.717) is 11.5 Å². The van der Waals surface area contributed by atoms with E-state index in [4.69, 9.17) is 11.5 Å². The molecule has 1 unspecified atom stereocenters. The molecule has 1 amide bonds. The fraction of sp³-hybridized carbons (Fsp3) is 0.500. The van der Waals surface area contributed by atoms with Crippen molar-refractivity contribution in [1.82, 2.24) is 0 Å². The molecule has 0 radical (unpaired) electrons. The van der Waals surface area contributed by atoms with Crippen LogP contribution in [0.2, 0.25) is 0 Å². The average molecular weight is 328 g/mol. The van der Waals surface area contributed by atoms with E-state index in [-0.39, 0.29) is 6.04 Å². The number of anilines is 1. The van der Waals surface area contributed by atoms with Gasteiger partial charge in [0.2, 0.25) is 5.91 Å². The quantitative estimate of drug-likeness (QED) is 0.842. The molecular formula is C14H22BrN3O. The van der Waals surface area contributed by atoms with E-state index >= 15 is 0 Å². The number of hydrogen-bond donors (Lipinski definition) is 2. The Morgan fingerprint density at radius 3 is 2.53 bits per heavy atom. The van der Waals surface area contributed by atoms with Crippen molar-refractivity contribution in [2.24, 2.45) is 17.4 Å². The van der Waals surface area contributed by atoms with Crippen molar-refractivity contribution in [3.8, 4) is 0 Å². The van der Waals surface area contributed by atoms with E-state index in [1.807, 2.05) is 13.1 Å². The third-order valence-electron chi connectivity index (χ3n) is 3.30. The van der Waals surface area contributed by atoms with Crippen LogP contribution < -0.4 is 16.4 Å². The molecule has 4 nitrogen and oxygen atoms in total. The molecular weight excluding hydrogens is 306 g/mol. The van der Waals surface area contributed by atoms with Crippen LogP contribution in [0.15, 0.2) is 22.7 Å². The molecule has 0 saturated heterocycles. The van der Waals surface area contributed by atoms with E-state index in [2.05, 4.69) is 34.7 Å². The van der Waals surface area contributed by atoms with Gasteiger partial charge in [0, 0.05) is 29.7 Å². The number of hydrogen-bond acceptors (Lipinski definition) is 3. The molecule has 0 aromatic heterocycles.